The van der Waals surface area contributed by atoms with Crippen LogP contribution in [-0.4, -0.2) is 54.6 Å². The summed E-state index contributed by atoms with van der Waals surface area (Å²) in [5, 5.41) is 0. The summed E-state index contributed by atoms with van der Waals surface area (Å²) in [4.78, 5) is 52.1. The number of esters is 1. The van der Waals surface area contributed by atoms with Gasteiger partial charge in [0.15, 0.2) is 17.3 Å². The summed E-state index contributed by atoms with van der Waals surface area (Å²) in [6, 6.07) is 0.385. The van der Waals surface area contributed by atoms with E-state index >= 15 is 0 Å². The van der Waals surface area contributed by atoms with Gasteiger partial charge in [-0.2, -0.15) is 4.39 Å². The van der Waals surface area contributed by atoms with Gasteiger partial charge in [-0.25, -0.2) is 8.78 Å². The molecule has 7 nitrogen and oxygen atoms in total. The number of amides is 1. The number of nitrogens with zero attached hydrogens (tertiary/aromatic N) is 1. The molecular weight excluding hydrogens is 515 g/mol. The summed E-state index contributed by atoms with van der Waals surface area (Å²) in [5.74, 6) is -7.14. The maximum Gasteiger partial charge on any atom is 0.306 e. The molecule has 0 aliphatic carbocycles. The van der Waals surface area contributed by atoms with Gasteiger partial charge in [-0.05, 0) is 32.6 Å². The molecule has 2 rings (SSSR count). The van der Waals surface area contributed by atoms with Crippen molar-refractivity contribution in [1.82, 2.24) is 4.90 Å². The van der Waals surface area contributed by atoms with Crippen molar-refractivity contribution in [1.29, 1.82) is 0 Å². The number of carbonyl (C=O) groups excluding carboxylic acids is 4. The minimum absolute atomic E-state index is 0.0161. The van der Waals surface area contributed by atoms with Crippen molar-refractivity contribution >= 4 is 23.4 Å². The van der Waals surface area contributed by atoms with Gasteiger partial charge in [0, 0.05) is 49.4 Å². The molecule has 10 heteroatoms. The third kappa shape index (κ3) is 9.82. The third-order valence-corrected chi connectivity index (χ3v) is 6.99. The largest absolute Gasteiger partial charge is 0.482 e. The Labute approximate surface area is 227 Å². The molecule has 0 bridgehead atoms. The number of unbranched alkanes of at least 4 members (excludes halogenated alkanes) is 2. The van der Waals surface area contributed by atoms with Crippen LogP contribution in [0.4, 0.5) is 13.2 Å². The normalized spacial score (nSPS) is 14.5. The van der Waals surface area contributed by atoms with Gasteiger partial charge in [0.05, 0.1) is 6.42 Å². The Bertz CT molecular complexity index is 1010. The lowest BCUT2D eigenvalue weighted by Gasteiger charge is -2.31. The number of hydrogen-bond acceptors (Lipinski definition) is 6. The number of benzene rings is 1. The number of carbonyl (C=O) groups is 4. The SMILES string of the molecule is C=CCOC(=O)C[C@H](CCC(=O)C1CCN(C(=O)CCCCC)CC1)C(=O)COc1c(C)c(F)cc(F)c1F. The molecule has 1 aliphatic heterocycles. The Hall–Kier alpha value is -3.17. The molecule has 0 radical (unpaired) electrons. The van der Waals surface area contributed by atoms with E-state index in [1.165, 1.54) is 13.0 Å². The van der Waals surface area contributed by atoms with Crippen molar-refractivity contribution in [2.75, 3.05) is 26.3 Å². The first kappa shape index (κ1) is 32.0. The number of ketones is 2. The molecule has 1 heterocycles. The van der Waals surface area contributed by atoms with E-state index in [-0.39, 0.29) is 49.0 Å². The van der Waals surface area contributed by atoms with Crippen LogP contribution < -0.4 is 4.74 Å². The molecule has 1 saturated heterocycles. The van der Waals surface area contributed by atoms with E-state index in [1.807, 2.05) is 0 Å². The monoisotopic (exact) mass is 553 g/mol. The highest BCUT2D eigenvalue weighted by Gasteiger charge is 2.30. The van der Waals surface area contributed by atoms with Gasteiger partial charge in [-0.3, -0.25) is 19.2 Å². The van der Waals surface area contributed by atoms with E-state index in [2.05, 4.69) is 13.5 Å². The summed E-state index contributed by atoms with van der Waals surface area (Å²) in [6.07, 6.45) is 5.53. The van der Waals surface area contributed by atoms with Crippen LogP contribution in [0, 0.1) is 36.2 Å². The number of hydrogen-bond donors (Lipinski definition) is 0. The van der Waals surface area contributed by atoms with Crippen molar-refractivity contribution in [3.8, 4) is 5.75 Å². The number of piperidine rings is 1. The van der Waals surface area contributed by atoms with Gasteiger partial charge in [-0.1, -0.05) is 32.4 Å². The lowest BCUT2D eigenvalue weighted by molar-refractivity contribution is -0.146. The average Bonchev–Trinajstić information content (AvgIpc) is 2.92. The van der Waals surface area contributed by atoms with Gasteiger partial charge < -0.3 is 14.4 Å². The first-order chi connectivity index (χ1) is 18.6. The Morgan fingerprint density at radius 2 is 1.79 bits per heavy atom. The van der Waals surface area contributed by atoms with Crippen LogP contribution in [0.1, 0.15) is 70.3 Å². The number of rotatable bonds is 16. The van der Waals surface area contributed by atoms with Crippen molar-refractivity contribution in [3.05, 3.63) is 41.7 Å². The second-order valence-electron chi connectivity index (χ2n) is 9.85. The number of Topliss-reactive ketones (excluding diaryl/α,β-unsaturated/α-hetero) is 2. The Morgan fingerprint density at radius 1 is 1.10 bits per heavy atom. The van der Waals surface area contributed by atoms with E-state index in [4.69, 9.17) is 9.47 Å². The Kier molecular flexibility index (Phi) is 13.2. The molecule has 216 valence electrons. The zero-order valence-electron chi connectivity index (χ0n) is 22.7. The van der Waals surface area contributed by atoms with Crippen LogP contribution in [0.15, 0.2) is 18.7 Å². The van der Waals surface area contributed by atoms with E-state index in [1.54, 1.807) is 4.90 Å². The fourth-order valence-electron chi connectivity index (χ4n) is 4.54. The molecular formula is C29H38F3NO6. The van der Waals surface area contributed by atoms with Crippen molar-refractivity contribution in [2.24, 2.45) is 11.8 Å². The molecule has 1 atom stereocenters. The lowest BCUT2D eigenvalue weighted by atomic mass is 9.86. The summed E-state index contributed by atoms with van der Waals surface area (Å²) in [7, 11) is 0. The molecule has 1 aromatic rings. The second kappa shape index (κ2) is 16.1. The predicted octanol–water partition coefficient (Wildman–Crippen LogP) is 5.26. The quantitative estimate of drug-likeness (QED) is 0.120. The fourth-order valence-corrected chi connectivity index (χ4v) is 4.54. The van der Waals surface area contributed by atoms with E-state index in [0.717, 1.165) is 19.3 Å². The summed E-state index contributed by atoms with van der Waals surface area (Å²) in [5.41, 5.74) is -0.297. The smallest absolute Gasteiger partial charge is 0.306 e. The Morgan fingerprint density at radius 3 is 2.44 bits per heavy atom. The minimum Gasteiger partial charge on any atom is -0.482 e. The molecule has 39 heavy (non-hydrogen) atoms. The van der Waals surface area contributed by atoms with E-state index in [9.17, 15) is 32.3 Å². The van der Waals surface area contributed by atoms with Crippen LogP contribution in [0.3, 0.4) is 0 Å². The molecule has 1 fully saturated rings. The molecule has 0 N–H and O–H groups in total. The standard InChI is InChI=1S/C29H38F3NO6/c1-4-6-7-8-26(36)33-13-11-20(12-14-33)24(34)10-9-21(16-27(37)38-15-5-2)25(35)18-39-29-19(3)22(30)17-23(31)28(29)32/h5,17,20-21H,2,4,6-16,18H2,1,3H3/t21-/m0/s1. The highest BCUT2D eigenvalue weighted by atomic mass is 19.2. The highest BCUT2D eigenvalue weighted by molar-refractivity contribution is 5.88. The first-order valence-corrected chi connectivity index (χ1v) is 13.5. The maximum absolute atomic E-state index is 14.1. The van der Waals surface area contributed by atoms with Gasteiger partial charge in [0.2, 0.25) is 11.7 Å². The van der Waals surface area contributed by atoms with E-state index in [0.29, 0.717) is 38.4 Å². The molecule has 0 saturated carbocycles. The summed E-state index contributed by atoms with van der Waals surface area (Å²) < 4.78 is 51.7. The van der Waals surface area contributed by atoms with Gasteiger partial charge >= 0.3 is 5.97 Å². The molecule has 1 aliphatic rings. The second-order valence-corrected chi connectivity index (χ2v) is 9.85. The molecule has 0 aromatic heterocycles. The van der Waals surface area contributed by atoms with Crippen LogP contribution in [0.5, 0.6) is 5.75 Å². The fraction of sp³-hybridized carbons (Fsp3) is 0.586. The van der Waals surface area contributed by atoms with Crippen molar-refractivity contribution in [3.63, 3.8) is 0 Å². The van der Waals surface area contributed by atoms with Crippen LogP contribution in [0.25, 0.3) is 0 Å². The highest BCUT2D eigenvalue weighted by Crippen LogP contribution is 2.28. The number of ether oxygens (including phenoxy) is 2. The third-order valence-electron chi connectivity index (χ3n) is 6.99. The predicted molar refractivity (Wildman–Crippen MR) is 139 cm³/mol. The Balaban J connectivity index is 1.97. The zero-order chi connectivity index (χ0) is 28.9. The van der Waals surface area contributed by atoms with E-state index < -0.39 is 47.5 Å². The molecule has 1 amide bonds. The topological polar surface area (TPSA) is 90.0 Å². The minimum atomic E-state index is -1.45. The van der Waals surface area contributed by atoms with Crippen LogP contribution in [-0.2, 0) is 23.9 Å². The van der Waals surface area contributed by atoms with Crippen molar-refractivity contribution in [2.45, 2.75) is 71.6 Å². The molecule has 0 unspecified atom stereocenters. The summed E-state index contributed by atoms with van der Waals surface area (Å²) in [6.45, 7) is 6.91. The van der Waals surface area contributed by atoms with Crippen LogP contribution in [0.2, 0.25) is 0 Å². The van der Waals surface area contributed by atoms with Gasteiger partial charge in [0.1, 0.15) is 24.8 Å². The van der Waals surface area contributed by atoms with Gasteiger partial charge in [-0.15, -0.1) is 0 Å². The molecule has 0 spiro atoms. The van der Waals surface area contributed by atoms with Crippen LogP contribution >= 0.6 is 0 Å². The number of halogens is 3. The maximum atomic E-state index is 14.1. The molecule has 1 aromatic carbocycles. The zero-order valence-corrected chi connectivity index (χ0v) is 22.7. The summed E-state index contributed by atoms with van der Waals surface area (Å²) >= 11 is 0. The first-order valence-electron chi connectivity index (χ1n) is 13.5. The van der Waals surface area contributed by atoms with Crippen molar-refractivity contribution < 1.29 is 41.8 Å². The van der Waals surface area contributed by atoms with Gasteiger partial charge in [0.25, 0.3) is 0 Å². The number of likely N-dealkylation sites (tertiary alicyclic amines) is 1. The lowest BCUT2D eigenvalue weighted by Crippen LogP contribution is -2.40. The average molecular weight is 554 g/mol.